The highest BCUT2D eigenvalue weighted by atomic mass is 15.2. The van der Waals surface area contributed by atoms with Gasteiger partial charge in [0.25, 0.3) is 0 Å². The Hall–Kier alpha value is -2.04. The van der Waals surface area contributed by atoms with Crippen molar-refractivity contribution in [2.75, 3.05) is 11.9 Å². The van der Waals surface area contributed by atoms with Gasteiger partial charge in [0, 0.05) is 31.6 Å². The van der Waals surface area contributed by atoms with Gasteiger partial charge in [0.1, 0.15) is 11.6 Å². The molecule has 0 aromatic carbocycles. The number of hydrogen-bond donors (Lipinski definition) is 0. The molecule has 1 aliphatic rings. The van der Waals surface area contributed by atoms with Crippen molar-refractivity contribution in [2.45, 2.75) is 25.3 Å². The van der Waals surface area contributed by atoms with E-state index >= 15 is 0 Å². The molecule has 1 saturated carbocycles. The summed E-state index contributed by atoms with van der Waals surface area (Å²) < 4.78 is 0. The van der Waals surface area contributed by atoms with Crippen LogP contribution in [-0.4, -0.2) is 27.0 Å². The minimum absolute atomic E-state index is 0.579. The van der Waals surface area contributed by atoms with E-state index in [1.54, 1.807) is 18.6 Å². The molecule has 2 heterocycles. The maximum atomic E-state index is 4.60. The highest BCUT2D eigenvalue weighted by Crippen LogP contribution is 2.38. The minimum atomic E-state index is 0.579. The summed E-state index contributed by atoms with van der Waals surface area (Å²) in [7, 11) is 2.01. The van der Waals surface area contributed by atoms with Crippen LogP contribution in [0.3, 0.4) is 0 Å². The fourth-order valence-electron chi connectivity index (χ4n) is 1.85. The van der Waals surface area contributed by atoms with E-state index in [4.69, 9.17) is 0 Å². The van der Waals surface area contributed by atoms with Crippen molar-refractivity contribution in [3.8, 4) is 0 Å². The van der Waals surface area contributed by atoms with Crippen LogP contribution in [0.5, 0.6) is 0 Å². The van der Waals surface area contributed by atoms with Gasteiger partial charge in [0.2, 0.25) is 0 Å². The SMILES string of the molecule is CN(Cc1cnccn1)c1ccnc(C2CC2)n1. The lowest BCUT2D eigenvalue weighted by Gasteiger charge is -2.17. The molecule has 3 rings (SSSR count). The predicted molar refractivity (Wildman–Crippen MR) is 68.1 cm³/mol. The summed E-state index contributed by atoms with van der Waals surface area (Å²) in [5, 5.41) is 0. The molecular weight excluding hydrogens is 226 g/mol. The summed E-state index contributed by atoms with van der Waals surface area (Å²) in [4.78, 5) is 19.3. The van der Waals surface area contributed by atoms with Gasteiger partial charge in [-0.05, 0) is 18.9 Å². The van der Waals surface area contributed by atoms with Gasteiger partial charge in [-0.15, -0.1) is 0 Å². The number of hydrogen-bond acceptors (Lipinski definition) is 5. The number of rotatable bonds is 4. The van der Waals surface area contributed by atoms with Crippen LogP contribution in [0.25, 0.3) is 0 Å². The Labute approximate surface area is 106 Å². The molecular formula is C13H15N5. The average Bonchev–Trinajstić information content (AvgIpc) is 3.24. The molecule has 0 N–H and O–H groups in total. The van der Waals surface area contributed by atoms with E-state index in [2.05, 4.69) is 24.8 Å². The zero-order chi connectivity index (χ0) is 12.4. The van der Waals surface area contributed by atoms with Gasteiger partial charge >= 0.3 is 0 Å². The van der Waals surface area contributed by atoms with Crippen LogP contribution in [0.2, 0.25) is 0 Å². The molecule has 1 fully saturated rings. The first kappa shape index (κ1) is 11.1. The molecule has 1 aliphatic carbocycles. The van der Waals surface area contributed by atoms with E-state index in [9.17, 15) is 0 Å². The van der Waals surface area contributed by atoms with Crippen molar-refractivity contribution >= 4 is 5.82 Å². The van der Waals surface area contributed by atoms with E-state index in [0.29, 0.717) is 12.5 Å². The van der Waals surface area contributed by atoms with E-state index < -0.39 is 0 Å². The molecule has 0 atom stereocenters. The van der Waals surface area contributed by atoms with Crippen LogP contribution >= 0.6 is 0 Å². The molecule has 2 aromatic rings. The second kappa shape index (κ2) is 4.68. The van der Waals surface area contributed by atoms with E-state index in [1.165, 1.54) is 12.8 Å². The number of anilines is 1. The molecule has 0 radical (unpaired) electrons. The topological polar surface area (TPSA) is 54.8 Å². The second-order valence-corrected chi connectivity index (χ2v) is 4.60. The van der Waals surface area contributed by atoms with Crippen molar-refractivity contribution in [1.82, 2.24) is 19.9 Å². The van der Waals surface area contributed by atoms with Gasteiger partial charge in [-0.2, -0.15) is 0 Å². The van der Waals surface area contributed by atoms with E-state index in [-0.39, 0.29) is 0 Å². The first-order valence-electron chi connectivity index (χ1n) is 6.12. The number of nitrogens with zero attached hydrogens (tertiary/aromatic N) is 5. The Morgan fingerprint density at radius 3 is 2.83 bits per heavy atom. The number of aromatic nitrogens is 4. The highest BCUT2D eigenvalue weighted by Gasteiger charge is 2.26. The Morgan fingerprint density at radius 2 is 2.11 bits per heavy atom. The van der Waals surface area contributed by atoms with Crippen LogP contribution < -0.4 is 4.90 Å². The molecule has 5 nitrogen and oxygen atoms in total. The maximum absolute atomic E-state index is 4.60. The van der Waals surface area contributed by atoms with E-state index in [1.807, 2.05) is 19.3 Å². The van der Waals surface area contributed by atoms with Gasteiger partial charge in [-0.25, -0.2) is 9.97 Å². The third-order valence-electron chi connectivity index (χ3n) is 3.01. The predicted octanol–water partition coefficient (Wildman–Crippen LogP) is 1.78. The zero-order valence-corrected chi connectivity index (χ0v) is 10.3. The van der Waals surface area contributed by atoms with Crippen LogP contribution in [-0.2, 0) is 6.54 Å². The molecule has 2 aromatic heterocycles. The largest absolute Gasteiger partial charge is 0.354 e. The summed E-state index contributed by atoms with van der Waals surface area (Å²) in [6.45, 7) is 0.703. The zero-order valence-electron chi connectivity index (χ0n) is 10.3. The normalized spacial score (nSPS) is 14.5. The van der Waals surface area contributed by atoms with Gasteiger partial charge in [-0.3, -0.25) is 9.97 Å². The first-order chi connectivity index (χ1) is 8.83. The van der Waals surface area contributed by atoms with Crippen LogP contribution in [0.15, 0.2) is 30.9 Å². The molecule has 0 bridgehead atoms. The molecule has 0 amide bonds. The average molecular weight is 241 g/mol. The molecule has 0 saturated heterocycles. The fraction of sp³-hybridized carbons (Fsp3) is 0.385. The van der Waals surface area contributed by atoms with Gasteiger partial charge in [0.05, 0.1) is 18.4 Å². The summed E-state index contributed by atoms with van der Waals surface area (Å²) in [6, 6.07) is 1.93. The van der Waals surface area contributed by atoms with Crippen LogP contribution in [0.4, 0.5) is 5.82 Å². The lowest BCUT2D eigenvalue weighted by molar-refractivity contribution is 0.830. The van der Waals surface area contributed by atoms with Crippen LogP contribution in [0.1, 0.15) is 30.3 Å². The Bertz CT molecular complexity index is 524. The van der Waals surface area contributed by atoms with Gasteiger partial charge in [-0.1, -0.05) is 0 Å². The minimum Gasteiger partial charge on any atom is -0.354 e. The van der Waals surface area contributed by atoms with E-state index in [0.717, 1.165) is 17.3 Å². The van der Waals surface area contributed by atoms with Gasteiger partial charge < -0.3 is 4.90 Å². The van der Waals surface area contributed by atoms with Crippen molar-refractivity contribution in [3.63, 3.8) is 0 Å². The molecule has 0 unspecified atom stereocenters. The molecule has 18 heavy (non-hydrogen) atoms. The monoisotopic (exact) mass is 241 g/mol. The molecule has 5 heteroatoms. The standard InChI is InChI=1S/C13H15N5/c1-18(9-11-8-14-6-7-15-11)12-4-5-16-13(17-12)10-2-3-10/h4-8,10H,2-3,9H2,1H3. The summed E-state index contributed by atoms with van der Waals surface area (Å²) in [5.74, 6) is 2.49. The Kier molecular flexibility index (Phi) is 2.88. The van der Waals surface area contributed by atoms with Crippen molar-refractivity contribution < 1.29 is 0 Å². The quantitative estimate of drug-likeness (QED) is 0.816. The molecule has 92 valence electrons. The van der Waals surface area contributed by atoms with Crippen molar-refractivity contribution in [3.05, 3.63) is 42.4 Å². The smallest absolute Gasteiger partial charge is 0.133 e. The summed E-state index contributed by atoms with van der Waals surface area (Å²) in [6.07, 6.45) is 9.44. The maximum Gasteiger partial charge on any atom is 0.133 e. The second-order valence-electron chi connectivity index (χ2n) is 4.60. The first-order valence-corrected chi connectivity index (χ1v) is 6.12. The van der Waals surface area contributed by atoms with Crippen molar-refractivity contribution in [2.24, 2.45) is 0 Å². The molecule has 0 spiro atoms. The lowest BCUT2D eigenvalue weighted by Crippen LogP contribution is -2.19. The summed E-state index contributed by atoms with van der Waals surface area (Å²) in [5.41, 5.74) is 0.937. The molecule has 0 aliphatic heterocycles. The summed E-state index contributed by atoms with van der Waals surface area (Å²) >= 11 is 0. The third-order valence-corrected chi connectivity index (χ3v) is 3.01. The third kappa shape index (κ3) is 2.45. The van der Waals surface area contributed by atoms with Crippen LogP contribution in [0, 0.1) is 0 Å². The fourth-order valence-corrected chi connectivity index (χ4v) is 1.85. The van der Waals surface area contributed by atoms with Crippen molar-refractivity contribution in [1.29, 1.82) is 0 Å². The van der Waals surface area contributed by atoms with Gasteiger partial charge in [0.15, 0.2) is 0 Å². The lowest BCUT2D eigenvalue weighted by atomic mass is 10.3. The Balaban J connectivity index is 1.75. The Morgan fingerprint density at radius 1 is 1.22 bits per heavy atom. The highest BCUT2D eigenvalue weighted by molar-refractivity contribution is 5.37.